The molecule has 1 N–H and O–H groups in total. The Morgan fingerprint density at radius 3 is 2.57 bits per heavy atom. The second-order valence-electron chi connectivity index (χ2n) is 4.34. The summed E-state index contributed by atoms with van der Waals surface area (Å²) in [7, 11) is -2.41. The first kappa shape index (κ1) is 16.3. The smallest absolute Gasteiger partial charge is 0.244 e. The van der Waals surface area contributed by atoms with Crippen molar-refractivity contribution in [1.29, 1.82) is 0 Å². The van der Waals surface area contributed by atoms with Crippen molar-refractivity contribution in [2.45, 2.75) is 18.0 Å². The molecule has 0 fully saturated rings. The van der Waals surface area contributed by atoms with Crippen molar-refractivity contribution in [1.82, 2.24) is 4.31 Å². The van der Waals surface area contributed by atoms with Crippen LogP contribution in [0.1, 0.15) is 11.3 Å². The molecule has 0 aliphatic carbocycles. The summed E-state index contributed by atoms with van der Waals surface area (Å²) < 4.78 is 31.3. The molecule has 1 aromatic heterocycles. The lowest BCUT2D eigenvalue weighted by Gasteiger charge is -2.18. The maximum atomic E-state index is 12.5. The number of hydrogen-bond acceptors (Lipinski definition) is 4. The van der Waals surface area contributed by atoms with Gasteiger partial charge in [0.25, 0.3) is 0 Å². The molecule has 5 nitrogen and oxygen atoms in total. The minimum atomic E-state index is -3.82. The molecule has 0 unspecified atom stereocenters. The topological polar surface area (TPSA) is 70.8 Å². The molecule has 21 heavy (non-hydrogen) atoms. The molecular formula is C13H13Cl2NO4S. The summed E-state index contributed by atoms with van der Waals surface area (Å²) in [4.78, 5) is -0.105. The molecule has 2 rings (SSSR count). The van der Waals surface area contributed by atoms with Gasteiger partial charge in [0.05, 0.1) is 24.4 Å². The molecule has 0 aliphatic rings. The van der Waals surface area contributed by atoms with Gasteiger partial charge in [0.15, 0.2) is 0 Å². The lowest BCUT2D eigenvalue weighted by molar-refractivity contribution is 0.281. The third kappa shape index (κ3) is 3.25. The van der Waals surface area contributed by atoms with Crippen LogP contribution in [0.3, 0.4) is 0 Å². The number of rotatable bonds is 5. The third-order valence-electron chi connectivity index (χ3n) is 2.96. The highest BCUT2D eigenvalue weighted by Gasteiger charge is 2.26. The predicted octanol–water partition coefficient (Wildman–Crippen LogP) is 2.90. The molecule has 1 heterocycles. The summed E-state index contributed by atoms with van der Waals surface area (Å²) in [6.07, 6.45) is 1.47. The summed E-state index contributed by atoms with van der Waals surface area (Å²) >= 11 is 11.9. The van der Waals surface area contributed by atoms with E-state index in [4.69, 9.17) is 27.6 Å². The van der Waals surface area contributed by atoms with Crippen LogP contribution in [0.25, 0.3) is 0 Å². The first-order chi connectivity index (χ1) is 9.87. The molecule has 0 saturated heterocycles. The number of aliphatic hydroxyl groups is 1. The lowest BCUT2D eigenvalue weighted by atomic mass is 10.2. The summed E-state index contributed by atoms with van der Waals surface area (Å²) in [6, 6.07) is 6.06. The summed E-state index contributed by atoms with van der Waals surface area (Å²) in [6.45, 7) is -0.369. The predicted molar refractivity (Wildman–Crippen MR) is 79.7 cm³/mol. The van der Waals surface area contributed by atoms with Gasteiger partial charge < -0.3 is 9.52 Å². The average Bonchev–Trinajstić information content (AvgIpc) is 2.91. The highest BCUT2D eigenvalue weighted by molar-refractivity contribution is 7.89. The van der Waals surface area contributed by atoms with Gasteiger partial charge in [0.2, 0.25) is 10.0 Å². The van der Waals surface area contributed by atoms with E-state index in [2.05, 4.69) is 0 Å². The van der Waals surface area contributed by atoms with Crippen molar-refractivity contribution in [3.63, 3.8) is 0 Å². The van der Waals surface area contributed by atoms with E-state index < -0.39 is 16.6 Å². The number of sulfonamides is 1. The molecule has 0 atom stereocenters. The van der Waals surface area contributed by atoms with Crippen LogP contribution in [0.2, 0.25) is 10.0 Å². The van der Waals surface area contributed by atoms with E-state index in [9.17, 15) is 13.5 Å². The van der Waals surface area contributed by atoms with Crippen LogP contribution in [0.5, 0.6) is 0 Å². The van der Waals surface area contributed by atoms with E-state index in [-0.39, 0.29) is 27.0 Å². The van der Waals surface area contributed by atoms with Crippen LogP contribution in [-0.2, 0) is 23.2 Å². The minimum absolute atomic E-state index is 0.0722. The van der Waals surface area contributed by atoms with Crippen LogP contribution in [0, 0.1) is 0 Å². The van der Waals surface area contributed by atoms with Crippen molar-refractivity contribution in [3.05, 3.63) is 51.9 Å². The molecule has 1 aromatic carbocycles. The van der Waals surface area contributed by atoms with Crippen LogP contribution in [-0.4, -0.2) is 24.9 Å². The van der Waals surface area contributed by atoms with Crippen molar-refractivity contribution >= 4 is 33.2 Å². The Bertz CT molecular complexity index is 729. The normalized spacial score (nSPS) is 12.0. The van der Waals surface area contributed by atoms with Gasteiger partial charge in [-0.3, -0.25) is 0 Å². The van der Waals surface area contributed by atoms with E-state index in [1.54, 1.807) is 12.1 Å². The van der Waals surface area contributed by atoms with Crippen molar-refractivity contribution < 1.29 is 17.9 Å². The van der Waals surface area contributed by atoms with Crippen LogP contribution < -0.4 is 0 Å². The average molecular weight is 350 g/mol. The minimum Gasteiger partial charge on any atom is -0.468 e. The molecule has 0 bridgehead atoms. The van der Waals surface area contributed by atoms with Gasteiger partial charge in [0, 0.05) is 17.6 Å². The Labute approximate surface area is 132 Å². The SMILES string of the molecule is CN(Cc1ccco1)S(=O)(=O)c1ccc(Cl)c(CO)c1Cl. The third-order valence-corrected chi connectivity index (χ3v) is 5.70. The molecular weight excluding hydrogens is 337 g/mol. The Hall–Kier alpha value is -1.05. The van der Waals surface area contributed by atoms with Gasteiger partial charge in [-0.05, 0) is 24.3 Å². The maximum Gasteiger partial charge on any atom is 0.244 e. The molecule has 0 radical (unpaired) electrons. The van der Waals surface area contributed by atoms with Gasteiger partial charge in [-0.2, -0.15) is 4.31 Å². The maximum absolute atomic E-state index is 12.5. The standard InChI is InChI=1S/C13H13Cl2NO4S/c1-16(7-9-3-2-6-20-9)21(18,19)12-5-4-11(14)10(8-17)13(12)15/h2-6,17H,7-8H2,1H3. The molecule has 0 amide bonds. The van der Waals surface area contributed by atoms with Gasteiger partial charge in [-0.15, -0.1) is 0 Å². The van der Waals surface area contributed by atoms with E-state index in [0.29, 0.717) is 5.76 Å². The molecule has 0 aliphatic heterocycles. The summed E-state index contributed by atoms with van der Waals surface area (Å²) in [5.41, 5.74) is 0.186. The van der Waals surface area contributed by atoms with Gasteiger partial charge in [-0.25, -0.2) is 8.42 Å². The number of furan rings is 1. The number of halogens is 2. The van der Waals surface area contributed by atoms with Crippen LogP contribution in [0.15, 0.2) is 39.8 Å². The second kappa shape index (κ2) is 6.37. The Morgan fingerprint density at radius 1 is 1.29 bits per heavy atom. The number of aliphatic hydroxyl groups excluding tert-OH is 1. The summed E-state index contributed by atoms with van der Waals surface area (Å²) in [5, 5.41) is 9.39. The van der Waals surface area contributed by atoms with Crippen molar-refractivity contribution in [3.8, 4) is 0 Å². The molecule has 0 spiro atoms. The first-order valence-corrected chi connectivity index (χ1v) is 8.14. The highest BCUT2D eigenvalue weighted by atomic mass is 35.5. The molecule has 0 saturated carbocycles. The van der Waals surface area contributed by atoms with Gasteiger partial charge in [0.1, 0.15) is 10.7 Å². The zero-order chi connectivity index (χ0) is 15.6. The van der Waals surface area contributed by atoms with Crippen molar-refractivity contribution in [2.75, 3.05) is 7.05 Å². The fourth-order valence-corrected chi connectivity index (χ4v) is 3.80. The van der Waals surface area contributed by atoms with E-state index in [1.807, 2.05) is 0 Å². The molecule has 8 heteroatoms. The zero-order valence-electron chi connectivity index (χ0n) is 11.1. The Kier molecular flexibility index (Phi) is 4.95. The zero-order valence-corrected chi connectivity index (χ0v) is 13.4. The Morgan fingerprint density at radius 2 is 2.00 bits per heavy atom. The van der Waals surface area contributed by atoms with E-state index >= 15 is 0 Å². The first-order valence-electron chi connectivity index (χ1n) is 5.94. The summed E-state index contributed by atoms with van der Waals surface area (Å²) in [5.74, 6) is 0.508. The van der Waals surface area contributed by atoms with E-state index in [0.717, 1.165) is 4.31 Å². The number of benzene rings is 1. The monoisotopic (exact) mass is 349 g/mol. The quantitative estimate of drug-likeness (QED) is 0.900. The largest absolute Gasteiger partial charge is 0.468 e. The van der Waals surface area contributed by atoms with E-state index in [1.165, 1.54) is 25.4 Å². The molecule has 114 valence electrons. The van der Waals surface area contributed by atoms with Gasteiger partial charge >= 0.3 is 0 Å². The highest BCUT2D eigenvalue weighted by Crippen LogP contribution is 2.32. The lowest BCUT2D eigenvalue weighted by Crippen LogP contribution is -2.26. The van der Waals surface area contributed by atoms with Gasteiger partial charge in [-0.1, -0.05) is 23.2 Å². The fourth-order valence-electron chi connectivity index (χ4n) is 1.80. The molecule has 2 aromatic rings. The fraction of sp³-hybridized carbons (Fsp3) is 0.231. The number of nitrogens with zero attached hydrogens (tertiary/aromatic N) is 1. The Balaban J connectivity index is 2.40. The second-order valence-corrected chi connectivity index (χ2v) is 7.14. The van der Waals surface area contributed by atoms with Crippen LogP contribution >= 0.6 is 23.2 Å². The van der Waals surface area contributed by atoms with Crippen molar-refractivity contribution in [2.24, 2.45) is 0 Å². The van der Waals surface area contributed by atoms with Crippen LogP contribution in [0.4, 0.5) is 0 Å². The number of hydrogen-bond donors (Lipinski definition) is 1.